The SMILES string of the molecule is Cc1cccc(N2C[C@H](C(N)=O)[C@@H](c3cnn(C)c3C)C2)n1. The third kappa shape index (κ3) is 2.45. The number of hydrogen-bond acceptors (Lipinski definition) is 4. The normalized spacial score (nSPS) is 21.3. The molecule has 2 aromatic heterocycles. The molecule has 0 radical (unpaired) electrons. The van der Waals surface area contributed by atoms with Gasteiger partial charge in [0, 0.05) is 37.4 Å². The second-order valence-electron chi connectivity index (χ2n) is 5.97. The molecular formula is C16H21N5O. The summed E-state index contributed by atoms with van der Waals surface area (Å²) in [6.45, 7) is 5.32. The molecular weight excluding hydrogens is 278 g/mol. The topological polar surface area (TPSA) is 77.0 Å². The number of primary amides is 1. The Labute approximate surface area is 129 Å². The molecule has 1 amide bonds. The number of nitrogens with two attached hydrogens (primary N) is 1. The van der Waals surface area contributed by atoms with Crippen molar-refractivity contribution in [2.24, 2.45) is 18.7 Å². The number of hydrogen-bond donors (Lipinski definition) is 1. The molecule has 1 aliphatic rings. The molecule has 0 saturated carbocycles. The van der Waals surface area contributed by atoms with E-state index >= 15 is 0 Å². The number of nitrogens with zero attached hydrogens (tertiary/aromatic N) is 4. The number of amides is 1. The molecule has 1 fully saturated rings. The monoisotopic (exact) mass is 299 g/mol. The smallest absolute Gasteiger partial charge is 0.223 e. The van der Waals surface area contributed by atoms with E-state index < -0.39 is 0 Å². The Kier molecular flexibility index (Phi) is 3.60. The third-order valence-corrected chi connectivity index (χ3v) is 4.56. The van der Waals surface area contributed by atoms with E-state index in [1.165, 1.54) is 0 Å². The van der Waals surface area contributed by atoms with Crippen LogP contribution in [0.25, 0.3) is 0 Å². The number of carbonyl (C=O) groups is 1. The number of pyridine rings is 1. The second kappa shape index (κ2) is 5.44. The van der Waals surface area contributed by atoms with Crippen molar-refractivity contribution < 1.29 is 4.79 Å². The highest BCUT2D eigenvalue weighted by molar-refractivity contribution is 5.79. The minimum Gasteiger partial charge on any atom is -0.369 e. The highest BCUT2D eigenvalue weighted by Crippen LogP contribution is 2.35. The van der Waals surface area contributed by atoms with Crippen molar-refractivity contribution in [2.75, 3.05) is 18.0 Å². The van der Waals surface area contributed by atoms with E-state index in [2.05, 4.69) is 15.0 Å². The molecule has 0 aliphatic carbocycles. The first-order valence-electron chi connectivity index (χ1n) is 7.43. The van der Waals surface area contributed by atoms with Gasteiger partial charge >= 0.3 is 0 Å². The van der Waals surface area contributed by atoms with Gasteiger partial charge in [-0.05, 0) is 31.5 Å². The molecule has 2 aromatic rings. The van der Waals surface area contributed by atoms with Crippen LogP contribution < -0.4 is 10.6 Å². The van der Waals surface area contributed by atoms with Gasteiger partial charge in [-0.3, -0.25) is 9.48 Å². The molecule has 2 atom stereocenters. The summed E-state index contributed by atoms with van der Waals surface area (Å²) in [6.07, 6.45) is 1.85. The molecule has 1 saturated heterocycles. The lowest BCUT2D eigenvalue weighted by Gasteiger charge is -2.17. The van der Waals surface area contributed by atoms with Crippen LogP contribution in [0.5, 0.6) is 0 Å². The molecule has 6 nitrogen and oxygen atoms in total. The maximum atomic E-state index is 11.9. The first kappa shape index (κ1) is 14.6. The van der Waals surface area contributed by atoms with Crippen molar-refractivity contribution in [3.05, 3.63) is 41.3 Å². The molecule has 116 valence electrons. The molecule has 0 unspecified atom stereocenters. The van der Waals surface area contributed by atoms with E-state index in [4.69, 9.17) is 5.73 Å². The predicted molar refractivity (Wildman–Crippen MR) is 84.6 cm³/mol. The molecule has 3 heterocycles. The zero-order valence-corrected chi connectivity index (χ0v) is 13.2. The Hall–Kier alpha value is -2.37. The van der Waals surface area contributed by atoms with Crippen LogP contribution in [0.15, 0.2) is 24.4 Å². The van der Waals surface area contributed by atoms with E-state index in [0.29, 0.717) is 6.54 Å². The zero-order chi connectivity index (χ0) is 15.9. The van der Waals surface area contributed by atoms with Gasteiger partial charge in [-0.1, -0.05) is 6.07 Å². The van der Waals surface area contributed by atoms with Gasteiger partial charge in [0.05, 0.1) is 12.1 Å². The number of rotatable bonds is 3. The first-order chi connectivity index (χ1) is 10.5. The van der Waals surface area contributed by atoms with Gasteiger partial charge < -0.3 is 10.6 Å². The quantitative estimate of drug-likeness (QED) is 0.922. The molecule has 1 aliphatic heterocycles. The van der Waals surface area contributed by atoms with Crippen molar-refractivity contribution in [3.8, 4) is 0 Å². The van der Waals surface area contributed by atoms with Crippen LogP contribution in [-0.4, -0.2) is 33.8 Å². The maximum absolute atomic E-state index is 11.9. The summed E-state index contributed by atoms with van der Waals surface area (Å²) in [5.74, 6) is 0.484. The number of aryl methyl sites for hydroxylation is 2. The minimum absolute atomic E-state index is 0.0634. The van der Waals surface area contributed by atoms with Gasteiger partial charge in [0.15, 0.2) is 0 Å². The molecule has 0 bridgehead atoms. The molecule has 0 spiro atoms. The fourth-order valence-electron chi connectivity index (χ4n) is 3.18. The van der Waals surface area contributed by atoms with Crippen LogP contribution in [0, 0.1) is 19.8 Å². The van der Waals surface area contributed by atoms with Crippen molar-refractivity contribution in [1.29, 1.82) is 0 Å². The van der Waals surface area contributed by atoms with Gasteiger partial charge in [-0.2, -0.15) is 5.10 Å². The minimum atomic E-state index is -0.261. The largest absolute Gasteiger partial charge is 0.369 e. The number of anilines is 1. The van der Waals surface area contributed by atoms with Crippen molar-refractivity contribution in [1.82, 2.24) is 14.8 Å². The zero-order valence-electron chi connectivity index (χ0n) is 13.2. The Morgan fingerprint density at radius 2 is 2.09 bits per heavy atom. The lowest BCUT2D eigenvalue weighted by Crippen LogP contribution is -2.29. The summed E-state index contributed by atoms with van der Waals surface area (Å²) in [6, 6.07) is 5.93. The molecule has 2 N–H and O–H groups in total. The van der Waals surface area contributed by atoms with Crippen LogP contribution >= 0.6 is 0 Å². The Bertz CT molecular complexity index is 708. The van der Waals surface area contributed by atoms with Gasteiger partial charge in [-0.25, -0.2) is 4.98 Å². The van der Waals surface area contributed by atoms with Crippen molar-refractivity contribution >= 4 is 11.7 Å². The predicted octanol–water partition coefficient (Wildman–Crippen LogP) is 1.14. The van der Waals surface area contributed by atoms with Crippen LogP contribution in [-0.2, 0) is 11.8 Å². The first-order valence-corrected chi connectivity index (χ1v) is 7.43. The van der Waals surface area contributed by atoms with E-state index in [1.54, 1.807) is 0 Å². The Morgan fingerprint density at radius 1 is 1.32 bits per heavy atom. The van der Waals surface area contributed by atoms with E-state index in [0.717, 1.165) is 29.3 Å². The average molecular weight is 299 g/mol. The summed E-state index contributed by atoms with van der Waals surface area (Å²) in [5.41, 5.74) is 8.78. The summed E-state index contributed by atoms with van der Waals surface area (Å²) in [5, 5.41) is 4.30. The average Bonchev–Trinajstić information content (AvgIpc) is 3.04. The fraction of sp³-hybridized carbons (Fsp3) is 0.438. The van der Waals surface area contributed by atoms with Gasteiger partial charge in [-0.15, -0.1) is 0 Å². The maximum Gasteiger partial charge on any atom is 0.223 e. The third-order valence-electron chi connectivity index (χ3n) is 4.56. The van der Waals surface area contributed by atoms with Crippen molar-refractivity contribution in [3.63, 3.8) is 0 Å². The number of carbonyl (C=O) groups excluding carboxylic acids is 1. The van der Waals surface area contributed by atoms with Gasteiger partial charge in [0.2, 0.25) is 5.91 Å². The van der Waals surface area contributed by atoms with E-state index in [-0.39, 0.29) is 17.7 Å². The lowest BCUT2D eigenvalue weighted by molar-refractivity contribution is -0.121. The Balaban J connectivity index is 1.93. The molecule has 6 heteroatoms. The van der Waals surface area contributed by atoms with E-state index in [9.17, 15) is 4.79 Å². The Morgan fingerprint density at radius 3 is 2.68 bits per heavy atom. The highest BCUT2D eigenvalue weighted by atomic mass is 16.1. The highest BCUT2D eigenvalue weighted by Gasteiger charge is 2.39. The molecule has 3 rings (SSSR count). The van der Waals surface area contributed by atoms with Crippen LogP contribution in [0.4, 0.5) is 5.82 Å². The van der Waals surface area contributed by atoms with Crippen LogP contribution in [0.2, 0.25) is 0 Å². The standard InChI is InChI=1S/C16H21N5O/c1-10-5-4-6-15(19-10)21-8-13(14(9-21)16(17)22)12-7-18-20(3)11(12)2/h4-7,13-14H,8-9H2,1-3H3,(H2,17,22)/t13-,14+/m1/s1. The summed E-state index contributed by atoms with van der Waals surface area (Å²) in [4.78, 5) is 18.6. The van der Waals surface area contributed by atoms with Crippen molar-refractivity contribution in [2.45, 2.75) is 19.8 Å². The summed E-state index contributed by atoms with van der Waals surface area (Å²) >= 11 is 0. The second-order valence-corrected chi connectivity index (χ2v) is 5.97. The fourth-order valence-corrected chi connectivity index (χ4v) is 3.18. The molecule has 0 aromatic carbocycles. The molecule has 22 heavy (non-hydrogen) atoms. The number of aromatic nitrogens is 3. The van der Waals surface area contributed by atoms with Crippen LogP contribution in [0.1, 0.15) is 22.9 Å². The summed E-state index contributed by atoms with van der Waals surface area (Å²) in [7, 11) is 1.91. The van der Waals surface area contributed by atoms with E-state index in [1.807, 2.05) is 50.0 Å². The lowest BCUT2D eigenvalue weighted by atomic mass is 9.89. The van der Waals surface area contributed by atoms with Gasteiger partial charge in [0.25, 0.3) is 0 Å². The summed E-state index contributed by atoms with van der Waals surface area (Å²) < 4.78 is 1.83. The van der Waals surface area contributed by atoms with Gasteiger partial charge in [0.1, 0.15) is 5.82 Å². The van der Waals surface area contributed by atoms with Crippen LogP contribution in [0.3, 0.4) is 0 Å².